The van der Waals surface area contributed by atoms with Crippen LogP contribution in [0.15, 0.2) is 0 Å². The third kappa shape index (κ3) is 7.35. The Morgan fingerprint density at radius 1 is 1.46 bits per heavy atom. The van der Waals surface area contributed by atoms with Gasteiger partial charge in [0.1, 0.15) is 0 Å². The van der Waals surface area contributed by atoms with Crippen LogP contribution >= 0.6 is 11.8 Å². The van der Waals surface area contributed by atoms with E-state index in [1.54, 1.807) is 7.11 Å². The topological polar surface area (TPSA) is 21.3 Å². The lowest BCUT2D eigenvalue weighted by atomic mass is 10.1. The third-order valence-electron chi connectivity index (χ3n) is 2.19. The van der Waals surface area contributed by atoms with Crippen molar-refractivity contribution in [3.8, 4) is 0 Å². The molecule has 0 rings (SSSR count). The summed E-state index contributed by atoms with van der Waals surface area (Å²) in [5.74, 6) is 1.17. The maximum Gasteiger partial charge on any atom is 0.0634 e. The van der Waals surface area contributed by atoms with Crippen LogP contribution in [0.1, 0.15) is 27.2 Å². The van der Waals surface area contributed by atoms with E-state index in [-0.39, 0.29) is 5.60 Å². The van der Waals surface area contributed by atoms with Crippen molar-refractivity contribution in [2.45, 2.75) is 38.8 Å². The SMILES string of the molecule is COC(C)(C)CCNC(C)CSC. The molecule has 2 nitrogen and oxygen atoms in total. The normalized spacial score (nSPS) is 14.5. The van der Waals surface area contributed by atoms with E-state index in [9.17, 15) is 0 Å². The number of thioether (sulfide) groups is 1. The van der Waals surface area contributed by atoms with Gasteiger partial charge in [0.05, 0.1) is 5.60 Å². The Morgan fingerprint density at radius 3 is 2.54 bits per heavy atom. The van der Waals surface area contributed by atoms with Crippen molar-refractivity contribution in [2.75, 3.05) is 25.7 Å². The van der Waals surface area contributed by atoms with Crippen molar-refractivity contribution in [3.63, 3.8) is 0 Å². The summed E-state index contributed by atoms with van der Waals surface area (Å²) in [5.41, 5.74) is 0.00603. The van der Waals surface area contributed by atoms with E-state index in [2.05, 4.69) is 32.3 Å². The van der Waals surface area contributed by atoms with Crippen molar-refractivity contribution in [1.29, 1.82) is 0 Å². The van der Waals surface area contributed by atoms with Crippen LogP contribution in [0.4, 0.5) is 0 Å². The Morgan fingerprint density at radius 2 is 2.08 bits per heavy atom. The predicted octanol–water partition coefficient (Wildman–Crippen LogP) is 2.14. The number of hydrogen-bond donors (Lipinski definition) is 1. The minimum Gasteiger partial charge on any atom is -0.379 e. The smallest absolute Gasteiger partial charge is 0.0634 e. The number of methoxy groups -OCH3 is 1. The molecule has 0 amide bonds. The molecule has 0 radical (unpaired) electrons. The molecule has 1 N–H and O–H groups in total. The van der Waals surface area contributed by atoms with E-state index in [1.807, 2.05) is 11.8 Å². The maximum atomic E-state index is 5.33. The molecule has 0 aromatic heterocycles. The first-order valence-electron chi connectivity index (χ1n) is 4.79. The first-order chi connectivity index (χ1) is 6.02. The number of rotatable bonds is 7. The van der Waals surface area contributed by atoms with Crippen LogP contribution in [0.3, 0.4) is 0 Å². The molecule has 13 heavy (non-hydrogen) atoms. The molecule has 0 bridgehead atoms. The fraction of sp³-hybridized carbons (Fsp3) is 1.00. The summed E-state index contributed by atoms with van der Waals surface area (Å²) in [6, 6.07) is 0.600. The van der Waals surface area contributed by atoms with Crippen LogP contribution in [0.2, 0.25) is 0 Å². The van der Waals surface area contributed by atoms with Crippen LogP contribution in [0.25, 0.3) is 0 Å². The summed E-state index contributed by atoms with van der Waals surface area (Å²) in [5, 5.41) is 3.47. The van der Waals surface area contributed by atoms with Crippen LogP contribution < -0.4 is 5.32 Å². The van der Waals surface area contributed by atoms with Gasteiger partial charge in [-0.15, -0.1) is 0 Å². The van der Waals surface area contributed by atoms with Crippen molar-refractivity contribution in [3.05, 3.63) is 0 Å². The maximum absolute atomic E-state index is 5.33. The Labute approximate surface area is 86.8 Å². The van der Waals surface area contributed by atoms with E-state index in [4.69, 9.17) is 4.74 Å². The molecule has 80 valence electrons. The second-order valence-corrected chi connectivity index (χ2v) is 4.94. The van der Waals surface area contributed by atoms with E-state index in [0.717, 1.165) is 13.0 Å². The zero-order chi connectivity index (χ0) is 10.3. The second-order valence-electron chi connectivity index (χ2n) is 4.02. The van der Waals surface area contributed by atoms with Gasteiger partial charge in [0.25, 0.3) is 0 Å². The van der Waals surface area contributed by atoms with E-state index in [0.29, 0.717) is 6.04 Å². The van der Waals surface area contributed by atoms with Crippen molar-refractivity contribution < 1.29 is 4.74 Å². The summed E-state index contributed by atoms with van der Waals surface area (Å²) < 4.78 is 5.33. The number of ether oxygens (including phenoxy) is 1. The van der Waals surface area contributed by atoms with Gasteiger partial charge in [0.15, 0.2) is 0 Å². The quantitative estimate of drug-likeness (QED) is 0.688. The van der Waals surface area contributed by atoms with Gasteiger partial charge in [-0.2, -0.15) is 11.8 Å². The number of nitrogens with one attached hydrogen (secondary N) is 1. The summed E-state index contributed by atoms with van der Waals surface area (Å²) in [6.45, 7) is 7.49. The predicted molar refractivity (Wildman–Crippen MR) is 61.6 cm³/mol. The first-order valence-corrected chi connectivity index (χ1v) is 6.18. The summed E-state index contributed by atoms with van der Waals surface area (Å²) in [4.78, 5) is 0. The molecule has 0 aromatic rings. The molecule has 0 aromatic carbocycles. The van der Waals surface area contributed by atoms with Gasteiger partial charge in [0, 0.05) is 18.9 Å². The molecule has 3 heteroatoms. The zero-order valence-electron chi connectivity index (χ0n) is 9.52. The van der Waals surface area contributed by atoms with E-state index in [1.165, 1.54) is 5.75 Å². The third-order valence-corrected chi connectivity index (χ3v) is 3.02. The fourth-order valence-corrected chi connectivity index (χ4v) is 1.65. The molecule has 0 aliphatic rings. The number of hydrogen-bond acceptors (Lipinski definition) is 3. The van der Waals surface area contributed by atoms with Gasteiger partial charge < -0.3 is 10.1 Å². The molecule has 0 heterocycles. The van der Waals surface area contributed by atoms with E-state index >= 15 is 0 Å². The summed E-state index contributed by atoms with van der Waals surface area (Å²) >= 11 is 1.88. The Balaban J connectivity index is 3.44. The first kappa shape index (κ1) is 13.3. The monoisotopic (exact) mass is 205 g/mol. The second kappa shape index (κ2) is 6.68. The fourth-order valence-electron chi connectivity index (χ4n) is 1.03. The largest absolute Gasteiger partial charge is 0.379 e. The van der Waals surface area contributed by atoms with Gasteiger partial charge in [0.2, 0.25) is 0 Å². The summed E-state index contributed by atoms with van der Waals surface area (Å²) in [6.07, 6.45) is 3.19. The molecule has 0 aliphatic carbocycles. The average Bonchev–Trinajstić information content (AvgIpc) is 2.05. The molecule has 0 saturated carbocycles. The van der Waals surface area contributed by atoms with Gasteiger partial charge >= 0.3 is 0 Å². The summed E-state index contributed by atoms with van der Waals surface area (Å²) in [7, 11) is 1.77. The van der Waals surface area contributed by atoms with Gasteiger partial charge in [-0.1, -0.05) is 0 Å². The molecule has 0 saturated heterocycles. The standard InChI is InChI=1S/C10H23NOS/c1-9(8-13-5)11-7-6-10(2,3)12-4/h9,11H,6-8H2,1-5H3. The average molecular weight is 205 g/mol. The van der Waals surface area contributed by atoms with Gasteiger partial charge in [-0.3, -0.25) is 0 Å². The lowest BCUT2D eigenvalue weighted by Crippen LogP contribution is -2.34. The molecule has 1 atom stereocenters. The lowest BCUT2D eigenvalue weighted by molar-refractivity contribution is 0.0156. The highest BCUT2D eigenvalue weighted by atomic mass is 32.2. The van der Waals surface area contributed by atoms with Crippen LogP contribution in [-0.4, -0.2) is 37.3 Å². The Hall–Kier alpha value is 0.270. The van der Waals surface area contributed by atoms with Crippen LogP contribution in [-0.2, 0) is 4.74 Å². The molecule has 0 aliphatic heterocycles. The van der Waals surface area contributed by atoms with Crippen molar-refractivity contribution in [1.82, 2.24) is 5.32 Å². The minimum absolute atomic E-state index is 0.00603. The Kier molecular flexibility index (Phi) is 6.82. The lowest BCUT2D eigenvalue weighted by Gasteiger charge is -2.24. The molecular weight excluding hydrogens is 182 g/mol. The molecular formula is C10H23NOS. The van der Waals surface area contributed by atoms with Gasteiger partial charge in [-0.25, -0.2) is 0 Å². The molecule has 0 fully saturated rings. The highest BCUT2D eigenvalue weighted by Gasteiger charge is 2.15. The zero-order valence-corrected chi connectivity index (χ0v) is 10.3. The van der Waals surface area contributed by atoms with Crippen LogP contribution in [0.5, 0.6) is 0 Å². The van der Waals surface area contributed by atoms with Gasteiger partial charge in [-0.05, 0) is 40.0 Å². The van der Waals surface area contributed by atoms with E-state index < -0.39 is 0 Å². The molecule has 1 unspecified atom stereocenters. The van der Waals surface area contributed by atoms with Crippen molar-refractivity contribution >= 4 is 11.8 Å². The molecule has 0 spiro atoms. The van der Waals surface area contributed by atoms with Crippen molar-refractivity contribution in [2.24, 2.45) is 0 Å². The highest BCUT2D eigenvalue weighted by Crippen LogP contribution is 2.11. The minimum atomic E-state index is 0.00603. The Bertz CT molecular complexity index is 128. The van der Waals surface area contributed by atoms with Crippen LogP contribution in [0, 0.1) is 0 Å². The highest BCUT2D eigenvalue weighted by molar-refractivity contribution is 7.98.